The first kappa shape index (κ1) is 14.6. The predicted octanol–water partition coefficient (Wildman–Crippen LogP) is 4.51. The highest BCUT2D eigenvalue weighted by Gasteiger charge is 2.20. The van der Waals surface area contributed by atoms with Crippen LogP contribution in [0.25, 0.3) is 0 Å². The van der Waals surface area contributed by atoms with Crippen molar-refractivity contribution < 1.29 is 0 Å². The van der Waals surface area contributed by atoms with Gasteiger partial charge in [-0.15, -0.1) is 0 Å². The lowest BCUT2D eigenvalue weighted by Crippen LogP contribution is -2.29. The van der Waals surface area contributed by atoms with Crippen LogP contribution in [0.1, 0.15) is 22.7 Å². The molecule has 0 aliphatic heterocycles. The first-order chi connectivity index (χ1) is 9.06. The second kappa shape index (κ2) is 6.12. The second-order valence-electron chi connectivity index (χ2n) is 4.22. The third-order valence-electron chi connectivity index (χ3n) is 2.99. The minimum atomic E-state index is -0.307. The third-order valence-corrected chi connectivity index (χ3v) is 4.34. The van der Waals surface area contributed by atoms with E-state index < -0.39 is 0 Å². The number of hydrogen-bond acceptors (Lipinski definition) is 2. The molecule has 0 aliphatic carbocycles. The number of nitrogens with one attached hydrogen (secondary N) is 1. The van der Waals surface area contributed by atoms with Crippen molar-refractivity contribution in [2.45, 2.75) is 13.0 Å². The van der Waals surface area contributed by atoms with Gasteiger partial charge in [0.2, 0.25) is 0 Å². The highest BCUT2D eigenvalue weighted by molar-refractivity contribution is 6.42. The lowest BCUT2D eigenvalue weighted by atomic mass is 9.97. The van der Waals surface area contributed by atoms with E-state index in [2.05, 4.69) is 5.43 Å². The highest BCUT2D eigenvalue weighted by atomic mass is 35.5. The standard InChI is InChI=1S/C14H13Cl3N2/c1-8-4-2-5-9(12(8)16)14(19-18)10-6-3-7-11(15)13(10)17/h2-7,14,19H,18H2,1H3. The van der Waals surface area contributed by atoms with Crippen LogP contribution in [0.4, 0.5) is 0 Å². The van der Waals surface area contributed by atoms with Gasteiger partial charge in [-0.25, -0.2) is 5.43 Å². The Hall–Kier alpha value is -0.770. The maximum Gasteiger partial charge on any atom is 0.0739 e. The molecule has 1 unspecified atom stereocenters. The largest absolute Gasteiger partial charge is 0.271 e. The van der Waals surface area contributed by atoms with Crippen LogP contribution < -0.4 is 11.3 Å². The Morgan fingerprint density at radius 1 is 0.947 bits per heavy atom. The van der Waals surface area contributed by atoms with Crippen molar-refractivity contribution in [1.29, 1.82) is 0 Å². The quantitative estimate of drug-likeness (QED) is 0.646. The van der Waals surface area contributed by atoms with E-state index in [0.717, 1.165) is 16.7 Å². The molecule has 19 heavy (non-hydrogen) atoms. The molecule has 0 saturated carbocycles. The second-order valence-corrected chi connectivity index (χ2v) is 5.38. The van der Waals surface area contributed by atoms with Crippen molar-refractivity contribution in [2.24, 2.45) is 5.84 Å². The number of aryl methyl sites for hydroxylation is 1. The van der Waals surface area contributed by atoms with Crippen molar-refractivity contribution in [3.8, 4) is 0 Å². The van der Waals surface area contributed by atoms with Gasteiger partial charge in [0.15, 0.2) is 0 Å². The van der Waals surface area contributed by atoms with E-state index in [1.165, 1.54) is 0 Å². The molecule has 0 fully saturated rings. The fourth-order valence-electron chi connectivity index (χ4n) is 1.98. The van der Waals surface area contributed by atoms with Crippen molar-refractivity contribution in [3.05, 3.63) is 68.2 Å². The molecule has 0 radical (unpaired) electrons. The smallest absolute Gasteiger partial charge is 0.0739 e. The van der Waals surface area contributed by atoms with Crippen molar-refractivity contribution in [3.63, 3.8) is 0 Å². The van der Waals surface area contributed by atoms with Crippen LogP contribution in [0.15, 0.2) is 36.4 Å². The Labute approximate surface area is 127 Å². The fraction of sp³-hybridized carbons (Fsp3) is 0.143. The summed E-state index contributed by atoms with van der Waals surface area (Å²) in [6.07, 6.45) is 0. The SMILES string of the molecule is Cc1cccc(C(NN)c2cccc(Cl)c2Cl)c1Cl. The first-order valence-corrected chi connectivity index (χ1v) is 6.84. The predicted molar refractivity (Wildman–Crippen MR) is 81.8 cm³/mol. The summed E-state index contributed by atoms with van der Waals surface area (Å²) in [7, 11) is 0. The molecule has 1 atom stereocenters. The minimum absolute atomic E-state index is 0.307. The van der Waals surface area contributed by atoms with E-state index in [-0.39, 0.29) is 6.04 Å². The van der Waals surface area contributed by atoms with E-state index in [1.807, 2.05) is 37.3 Å². The molecule has 5 heteroatoms. The van der Waals surface area contributed by atoms with E-state index in [9.17, 15) is 0 Å². The van der Waals surface area contributed by atoms with Crippen LogP contribution in [-0.4, -0.2) is 0 Å². The van der Waals surface area contributed by atoms with Gasteiger partial charge in [-0.1, -0.05) is 65.1 Å². The van der Waals surface area contributed by atoms with E-state index in [4.69, 9.17) is 40.6 Å². The summed E-state index contributed by atoms with van der Waals surface area (Å²) in [5.74, 6) is 5.66. The molecular weight excluding hydrogens is 303 g/mol. The molecule has 0 amide bonds. The Morgan fingerprint density at radius 2 is 1.53 bits per heavy atom. The molecule has 2 rings (SSSR count). The van der Waals surface area contributed by atoms with Gasteiger partial charge in [0, 0.05) is 5.02 Å². The Morgan fingerprint density at radius 3 is 2.16 bits per heavy atom. The summed E-state index contributed by atoms with van der Waals surface area (Å²) in [6.45, 7) is 1.94. The topological polar surface area (TPSA) is 38.0 Å². The number of rotatable bonds is 3. The summed E-state index contributed by atoms with van der Waals surface area (Å²) in [5, 5.41) is 1.63. The van der Waals surface area contributed by atoms with Gasteiger partial charge in [0.25, 0.3) is 0 Å². The normalized spacial score (nSPS) is 12.5. The lowest BCUT2D eigenvalue weighted by Gasteiger charge is -2.20. The number of hydrogen-bond donors (Lipinski definition) is 2. The summed E-state index contributed by atoms with van der Waals surface area (Å²) < 4.78 is 0. The Kier molecular flexibility index (Phi) is 4.71. The number of hydrazine groups is 1. The average molecular weight is 316 g/mol. The van der Waals surface area contributed by atoms with E-state index in [1.54, 1.807) is 6.07 Å². The Bertz CT molecular complexity index is 548. The van der Waals surface area contributed by atoms with Gasteiger partial charge >= 0.3 is 0 Å². The van der Waals surface area contributed by atoms with Gasteiger partial charge in [-0.2, -0.15) is 0 Å². The van der Waals surface area contributed by atoms with Crippen LogP contribution in [0, 0.1) is 6.92 Å². The van der Waals surface area contributed by atoms with Gasteiger partial charge in [-0.3, -0.25) is 5.84 Å². The monoisotopic (exact) mass is 314 g/mol. The lowest BCUT2D eigenvalue weighted by molar-refractivity contribution is 0.637. The summed E-state index contributed by atoms with van der Waals surface area (Å²) in [5.41, 5.74) is 5.39. The molecule has 0 heterocycles. The van der Waals surface area contributed by atoms with Gasteiger partial charge in [0.05, 0.1) is 16.1 Å². The molecule has 0 bridgehead atoms. The maximum atomic E-state index is 6.34. The van der Waals surface area contributed by atoms with Crippen LogP contribution >= 0.6 is 34.8 Å². The molecule has 0 aliphatic rings. The first-order valence-electron chi connectivity index (χ1n) is 5.71. The zero-order valence-corrected chi connectivity index (χ0v) is 12.5. The molecular formula is C14H13Cl3N2. The van der Waals surface area contributed by atoms with Gasteiger partial charge in [-0.05, 0) is 29.7 Å². The van der Waals surface area contributed by atoms with Crippen molar-refractivity contribution >= 4 is 34.8 Å². The van der Waals surface area contributed by atoms with Crippen LogP contribution in [0.5, 0.6) is 0 Å². The summed E-state index contributed by atoms with van der Waals surface area (Å²) in [4.78, 5) is 0. The maximum absolute atomic E-state index is 6.34. The van der Waals surface area contributed by atoms with Gasteiger partial charge in [0.1, 0.15) is 0 Å². The third kappa shape index (κ3) is 2.88. The van der Waals surface area contributed by atoms with E-state index >= 15 is 0 Å². The van der Waals surface area contributed by atoms with E-state index in [0.29, 0.717) is 15.1 Å². The van der Waals surface area contributed by atoms with Crippen molar-refractivity contribution in [1.82, 2.24) is 5.43 Å². The minimum Gasteiger partial charge on any atom is -0.271 e. The van der Waals surface area contributed by atoms with Gasteiger partial charge < -0.3 is 0 Å². The van der Waals surface area contributed by atoms with Crippen LogP contribution in [0.3, 0.4) is 0 Å². The number of nitrogens with two attached hydrogens (primary N) is 1. The number of halogens is 3. The molecule has 2 aromatic rings. The Balaban J connectivity index is 2.57. The molecule has 0 spiro atoms. The van der Waals surface area contributed by atoms with Crippen LogP contribution in [-0.2, 0) is 0 Å². The van der Waals surface area contributed by atoms with Crippen molar-refractivity contribution in [2.75, 3.05) is 0 Å². The fourth-order valence-corrected chi connectivity index (χ4v) is 2.64. The molecule has 2 aromatic carbocycles. The van der Waals surface area contributed by atoms with Crippen LogP contribution in [0.2, 0.25) is 15.1 Å². The molecule has 0 saturated heterocycles. The number of benzene rings is 2. The highest BCUT2D eigenvalue weighted by Crippen LogP contribution is 2.36. The zero-order chi connectivity index (χ0) is 14.0. The summed E-state index contributed by atoms with van der Waals surface area (Å²) in [6, 6.07) is 10.9. The molecule has 2 nitrogen and oxygen atoms in total. The summed E-state index contributed by atoms with van der Waals surface area (Å²) >= 11 is 18.6. The molecule has 3 N–H and O–H groups in total. The molecule has 100 valence electrons. The zero-order valence-electron chi connectivity index (χ0n) is 10.3. The average Bonchev–Trinajstić information content (AvgIpc) is 2.40. The molecule has 0 aromatic heterocycles.